The number of carbonyl (C=O) groups excluding carboxylic acids is 1. The number of ether oxygens (including phenoxy) is 1. The number of carbonyl (C=O) groups is 1. The molecule has 0 amide bonds. The monoisotopic (exact) mass is 239 g/mol. The third-order valence-corrected chi connectivity index (χ3v) is 3.95. The molecule has 0 aliphatic carbocycles. The Bertz CT molecular complexity index is 343. The first kappa shape index (κ1) is 11.6. The van der Waals surface area contributed by atoms with Gasteiger partial charge in [0, 0.05) is 37.9 Å². The van der Waals surface area contributed by atoms with Crippen molar-refractivity contribution in [2.24, 2.45) is 5.92 Å². The van der Waals surface area contributed by atoms with Gasteiger partial charge in [-0.15, -0.1) is 11.3 Å². The lowest BCUT2D eigenvalue weighted by Crippen LogP contribution is -2.34. The summed E-state index contributed by atoms with van der Waals surface area (Å²) >= 11 is 1.52. The van der Waals surface area contributed by atoms with Gasteiger partial charge in [0.15, 0.2) is 6.29 Å². The summed E-state index contributed by atoms with van der Waals surface area (Å²) in [5.41, 5.74) is 1.20. The predicted octanol–water partition coefficient (Wildman–Crippen LogP) is 2.42. The summed E-state index contributed by atoms with van der Waals surface area (Å²) in [7, 11) is 1.77. The van der Waals surface area contributed by atoms with Gasteiger partial charge in [-0.1, -0.05) is 0 Å². The molecule has 0 atom stereocenters. The number of piperidine rings is 1. The van der Waals surface area contributed by atoms with E-state index in [0.717, 1.165) is 30.9 Å². The molecule has 2 rings (SSSR count). The fourth-order valence-corrected chi connectivity index (χ4v) is 2.88. The van der Waals surface area contributed by atoms with E-state index in [1.165, 1.54) is 29.9 Å². The minimum Gasteiger partial charge on any atom is -0.384 e. The highest BCUT2D eigenvalue weighted by atomic mass is 32.1. The van der Waals surface area contributed by atoms with E-state index in [0.29, 0.717) is 5.92 Å². The topological polar surface area (TPSA) is 29.5 Å². The van der Waals surface area contributed by atoms with Gasteiger partial charge in [-0.3, -0.25) is 4.79 Å². The van der Waals surface area contributed by atoms with Crippen molar-refractivity contribution in [3.05, 3.63) is 16.3 Å². The van der Waals surface area contributed by atoms with E-state index in [1.54, 1.807) is 7.11 Å². The zero-order valence-electron chi connectivity index (χ0n) is 9.52. The van der Waals surface area contributed by atoms with E-state index in [4.69, 9.17) is 4.74 Å². The first-order valence-electron chi connectivity index (χ1n) is 5.61. The van der Waals surface area contributed by atoms with Gasteiger partial charge in [0.05, 0.1) is 4.88 Å². The summed E-state index contributed by atoms with van der Waals surface area (Å²) in [6, 6.07) is 1.98. The first-order valence-corrected chi connectivity index (χ1v) is 6.49. The lowest BCUT2D eigenvalue weighted by atomic mass is 9.97. The van der Waals surface area contributed by atoms with Gasteiger partial charge in [0.2, 0.25) is 0 Å². The number of rotatable bonds is 4. The molecule has 1 aliphatic rings. The molecule has 1 aromatic rings. The minimum atomic E-state index is 0.699. The number of anilines is 1. The Morgan fingerprint density at radius 2 is 2.31 bits per heavy atom. The fourth-order valence-electron chi connectivity index (χ4n) is 2.16. The van der Waals surface area contributed by atoms with E-state index < -0.39 is 0 Å². The Labute approximate surface area is 100 Å². The van der Waals surface area contributed by atoms with Crippen LogP contribution < -0.4 is 4.90 Å². The van der Waals surface area contributed by atoms with E-state index >= 15 is 0 Å². The molecule has 1 fully saturated rings. The van der Waals surface area contributed by atoms with Crippen molar-refractivity contribution >= 4 is 23.3 Å². The molecule has 2 heterocycles. The Morgan fingerprint density at radius 1 is 1.56 bits per heavy atom. The molecule has 1 aromatic heterocycles. The summed E-state index contributed by atoms with van der Waals surface area (Å²) in [4.78, 5) is 13.8. The van der Waals surface area contributed by atoms with Crippen LogP contribution in [0, 0.1) is 5.92 Å². The molecule has 16 heavy (non-hydrogen) atoms. The average Bonchev–Trinajstić information content (AvgIpc) is 2.79. The zero-order valence-corrected chi connectivity index (χ0v) is 10.3. The molecule has 0 unspecified atom stereocenters. The lowest BCUT2D eigenvalue weighted by molar-refractivity contribution is 0.112. The summed E-state index contributed by atoms with van der Waals surface area (Å²) in [5.74, 6) is 0.699. The second kappa shape index (κ2) is 5.46. The van der Waals surface area contributed by atoms with Crippen molar-refractivity contribution < 1.29 is 9.53 Å². The maximum Gasteiger partial charge on any atom is 0.160 e. The second-order valence-corrected chi connectivity index (χ2v) is 5.15. The summed E-state index contributed by atoms with van der Waals surface area (Å²) in [6.45, 7) is 3.02. The zero-order chi connectivity index (χ0) is 11.4. The first-order chi connectivity index (χ1) is 7.83. The summed E-state index contributed by atoms with van der Waals surface area (Å²) < 4.78 is 5.18. The molecular weight excluding hydrogens is 222 g/mol. The van der Waals surface area contributed by atoms with Gasteiger partial charge in [-0.2, -0.15) is 0 Å². The largest absolute Gasteiger partial charge is 0.384 e. The molecule has 0 bridgehead atoms. The average molecular weight is 239 g/mol. The smallest absolute Gasteiger partial charge is 0.160 e. The van der Waals surface area contributed by atoms with Gasteiger partial charge < -0.3 is 9.64 Å². The van der Waals surface area contributed by atoms with E-state index in [-0.39, 0.29) is 0 Å². The number of methoxy groups -OCH3 is 1. The van der Waals surface area contributed by atoms with Gasteiger partial charge in [0.1, 0.15) is 0 Å². The molecule has 1 aliphatic heterocycles. The van der Waals surface area contributed by atoms with Gasteiger partial charge >= 0.3 is 0 Å². The number of hydrogen-bond donors (Lipinski definition) is 0. The molecule has 0 spiro atoms. The minimum absolute atomic E-state index is 0.699. The van der Waals surface area contributed by atoms with Crippen LogP contribution >= 0.6 is 11.3 Å². The van der Waals surface area contributed by atoms with Crippen molar-refractivity contribution in [3.63, 3.8) is 0 Å². The normalized spacial score (nSPS) is 17.7. The van der Waals surface area contributed by atoms with Crippen LogP contribution in [-0.2, 0) is 4.74 Å². The van der Waals surface area contributed by atoms with E-state index in [1.807, 2.05) is 6.07 Å². The van der Waals surface area contributed by atoms with Crippen LogP contribution in [0.4, 0.5) is 5.69 Å². The van der Waals surface area contributed by atoms with Crippen molar-refractivity contribution in [2.75, 3.05) is 31.7 Å². The van der Waals surface area contributed by atoms with Crippen molar-refractivity contribution in [2.45, 2.75) is 12.8 Å². The predicted molar refractivity (Wildman–Crippen MR) is 66.5 cm³/mol. The molecule has 4 heteroatoms. The van der Waals surface area contributed by atoms with E-state index in [2.05, 4.69) is 10.3 Å². The number of aldehydes is 1. The molecule has 0 saturated carbocycles. The highest BCUT2D eigenvalue weighted by Crippen LogP contribution is 2.27. The van der Waals surface area contributed by atoms with Crippen molar-refractivity contribution in [3.8, 4) is 0 Å². The maximum absolute atomic E-state index is 10.6. The molecule has 1 saturated heterocycles. The molecular formula is C12H17NO2S. The number of nitrogens with zero attached hydrogens (tertiary/aromatic N) is 1. The molecule has 3 nitrogen and oxygen atoms in total. The Kier molecular flexibility index (Phi) is 3.96. The van der Waals surface area contributed by atoms with Gasteiger partial charge in [0.25, 0.3) is 0 Å². The Balaban J connectivity index is 1.91. The van der Waals surface area contributed by atoms with Crippen LogP contribution in [0.3, 0.4) is 0 Å². The Morgan fingerprint density at radius 3 is 2.88 bits per heavy atom. The SMILES string of the molecule is COCC1CCN(c2csc(C=O)c2)CC1. The molecule has 88 valence electrons. The summed E-state index contributed by atoms with van der Waals surface area (Å²) in [6.07, 6.45) is 3.28. The molecule has 0 radical (unpaired) electrons. The van der Waals surface area contributed by atoms with Crippen LogP contribution in [0.15, 0.2) is 11.4 Å². The molecule has 0 N–H and O–H groups in total. The standard InChI is InChI=1S/C12H17NO2S/c1-15-8-10-2-4-13(5-3-10)11-6-12(7-14)16-9-11/h6-7,9-10H,2-5,8H2,1H3. The third kappa shape index (κ3) is 2.62. The molecule has 0 aromatic carbocycles. The van der Waals surface area contributed by atoms with Crippen LogP contribution in [0.5, 0.6) is 0 Å². The van der Waals surface area contributed by atoms with Gasteiger partial charge in [-0.05, 0) is 24.8 Å². The van der Waals surface area contributed by atoms with Crippen LogP contribution in [0.1, 0.15) is 22.5 Å². The summed E-state index contributed by atoms with van der Waals surface area (Å²) in [5, 5.41) is 2.07. The van der Waals surface area contributed by atoms with Crippen LogP contribution in [-0.4, -0.2) is 33.1 Å². The fraction of sp³-hybridized carbons (Fsp3) is 0.583. The van der Waals surface area contributed by atoms with Gasteiger partial charge in [-0.25, -0.2) is 0 Å². The van der Waals surface area contributed by atoms with Crippen LogP contribution in [0.2, 0.25) is 0 Å². The van der Waals surface area contributed by atoms with Crippen molar-refractivity contribution in [1.82, 2.24) is 0 Å². The number of thiophene rings is 1. The lowest BCUT2D eigenvalue weighted by Gasteiger charge is -2.32. The van der Waals surface area contributed by atoms with E-state index in [9.17, 15) is 4.79 Å². The Hall–Kier alpha value is -0.870. The highest BCUT2D eigenvalue weighted by molar-refractivity contribution is 7.12. The van der Waals surface area contributed by atoms with Crippen molar-refractivity contribution in [1.29, 1.82) is 0 Å². The number of hydrogen-bond acceptors (Lipinski definition) is 4. The second-order valence-electron chi connectivity index (χ2n) is 4.21. The maximum atomic E-state index is 10.6. The highest BCUT2D eigenvalue weighted by Gasteiger charge is 2.19. The van der Waals surface area contributed by atoms with Crippen LogP contribution in [0.25, 0.3) is 0 Å². The quantitative estimate of drug-likeness (QED) is 0.756. The third-order valence-electron chi connectivity index (χ3n) is 3.10.